The van der Waals surface area contributed by atoms with Crippen molar-refractivity contribution in [1.29, 1.82) is 0 Å². The quantitative estimate of drug-likeness (QED) is 0.436. The Hall–Kier alpha value is -0.870. The Balaban J connectivity index is 1.56. The Morgan fingerprint density at radius 2 is 1.59 bits per heavy atom. The lowest BCUT2D eigenvalue weighted by Gasteiger charge is -2.72. The van der Waals surface area contributed by atoms with E-state index in [1.54, 1.807) is 0 Å². The van der Waals surface area contributed by atoms with Gasteiger partial charge < -0.3 is 15.3 Å². The highest BCUT2D eigenvalue weighted by Crippen LogP contribution is 2.77. The largest absolute Gasteiger partial charge is 0.481 e. The molecule has 0 spiro atoms. The summed E-state index contributed by atoms with van der Waals surface area (Å²) < 4.78 is 0. The third kappa shape index (κ3) is 2.76. The zero-order valence-corrected chi connectivity index (χ0v) is 22.2. The van der Waals surface area contributed by atoms with Gasteiger partial charge in [0.2, 0.25) is 0 Å². The van der Waals surface area contributed by atoms with Crippen LogP contribution in [0.5, 0.6) is 0 Å². The molecule has 11 atom stereocenters. The Morgan fingerprint density at radius 1 is 0.882 bits per heavy atom. The lowest BCUT2D eigenvalue weighted by atomic mass is 9.32. The summed E-state index contributed by atoms with van der Waals surface area (Å²) in [5.74, 6) is 1.30. The molecule has 34 heavy (non-hydrogen) atoms. The molecule has 4 heteroatoms. The van der Waals surface area contributed by atoms with E-state index in [2.05, 4.69) is 41.2 Å². The second kappa shape index (κ2) is 7.57. The molecule has 1 unspecified atom stereocenters. The molecule has 0 bridgehead atoms. The first-order valence-electron chi connectivity index (χ1n) is 14.0. The average Bonchev–Trinajstić information content (AvgIpc) is 3.18. The second-order valence-electron chi connectivity index (χ2n) is 14.4. The molecule has 0 aliphatic heterocycles. The molecular formula is C30H48O4. The van der Waals surface area contributed by atoms with E-state index < -0.39 is 22.9 Å². The first-order chi connectivity index (χ1) is 15.8. The fraction of sp³-hybridized carbons (Fsp3) is 0.900. The molecule has 0 aromatic rings. The van der Waals surface area contributed by atoms with Gasteiger partial charge in [0, 0.05) is 5.41 Å². The summed E-state index contributed by atoms with van der Waals surface area (Å²) in [4.78, 5) is 12.8. The summed E-state index contributed by atoms with van der Waals surface area (Å²) in [5, 5.41) is 31.8. The van der Waals surface area contributed by atoms with E-state index in [0.29, 0.717) is 23.7 Å². The Morgan fingerprint density at radius 3 is 2.21 bits per heavy atom. The van der Waals surface area contributed by atoms with E-state index in [0.717, 1.165) is 64.2 Å². The monoisotopic (exact) mass is 472 g/mol. The van der Waals surface area contributed by atoms with Crippen LogP contribution in [0.25, 0.3) is 0 Å². The van der Waals surface area contributed by atoms with Gasteiger partial charge in [-0.05, 0) is 117 Å². The smallest absolute Gasteiger partial charge is 0.309 e. The van der Waals surface area contributed by atoms with Crippen molar-refractivity contribution in [3.05, 3.63) is 12.2 Å². The maximum absolute atomic E-state index is 12.8. The first-order valence-corrected chi connectivity index (χ1v) is 14.0. The fourth-order valence-corrected chi connectivity index (χ4v) is 11.5. The first kappa shape index (κ1) is 24.8. The molecular weight excluding hydrogens is 424 g/mol. The van der Waals surface area contributed by atoms with Crippen molar-refractivity contribution in [1.82, 2.24) is 0 Å². The molecule has 5 rings (SSSR count). The van der Waals surface area contributed by atoms with Crippen LogP contribution in [0.3, 0.4) is 0 Å². The predicted octanol–water partition coefficient (Wildman–Crippen LogP) is 6.06. The van der Waals surface area contributed by atoms with Gasteiger partial charge in [-0.3, -0.25) is 4.79 Å². The number of rotatable bonds is 3. The Bertz CT molecular complexity index is 883. The summed E-state index contributed by atoms with van der Waals surface area (Å²) in [6, 6.07) is 0. The molecule has 4 nitrogen and oxygen atoms in total. The number of carbonyl (C=O) groups is 1. The lowest BCUT2D eigenvalue weighted by molar-refractivity contribution is -0.254. The van der Waals surface area contributed by atoms with Crippen molar-refractivity contribution in [2.45, 2.75) is 105 Å². The summed E-state index contributed by atoms with van der Waals surface area (Å²) in [6.07, 6.45) is 9.43. The second-order valence-corrected chi connectivity index (χ2v) is 14.4. The van der Waals surface area contributed by atoms with Gasteiger partial charge in [-0.1, -0.05) is 39.8 Å². The molecule has 5 fully saturated rings. The van der Waals surface area contributed by atoms with Gasteiger partial charge in [-0.2, -0.15) is 0 Å². The van der Waals surface area contributed by atoms with Crippen LogP contribution in [0.1, 0.15) is 98.8 Å². The highest BCUT2D eigenvalue weighted by molar-refractivity contribution is 5.76. The number of fused-ring (bicyclic) bond motifs is 7. The van der Waals surface area contributed by atoms with Crippen LogP contribution in [0.15, 0.2) is 12.2 Å². The van der Waals surface area contributed by atoms with Crippen LogP contribution in [0.4, 0.5) is 0 Å². The average molecular weight is 473 g/mol. The summed E-state index contributed by atoms with van der Waals surface area (Å²) in [6.45, 7) is 16.2. The van der Waals surface area contributed by atoms with Gasteiger partial charge in [0.25, 0.3) is 0 Å². The summed E-state index contributed by atoms with van der Waals surface area (Å²) in [7, 11) is 0. The van der Waals surface area contributed by atoms with Crippen molar-refractivity contribution in [2.75, 3.05) is 6.61 Å². The van der Waals surface area contributed by atoms with Crippen LogP contribution in [-0.2, 0) is 4.79 Å². The molecule has 5 saturated carbocycles. The van der Waals surface area contributed by atoms with E-state index in [-0.39, 0.29) is 28.8 Å². The van der Waals surface area contributed by atoms with Gasteiger partial charge >= 0.3 is 5.97 Å². The highest BCUT2D eigenvalue weighted by Gasteiger charge is 2.72. The van der Waals surface area contributed by atoms with E-state index >= 15 is 0 Å². The van der Waals surface area contributed by atoms with Gasteiger partial charge in [-0.25, -0.2) is 0 Å². The van der Waals surface area contributed by atoms with E-state index in [1.165, 1.54) is 5.57 Å². The van der Waals surface area contributed by atoms with E-state index in [1.807, 2.05) is 0 Å². The number of aliphatic hydroxyl groups excluding tert-OH is 2. The number of carboxylic acids is 1. The standard InChI is InChI=1S/C30H48O4/c1-18(2)19-9-14-30(25(33)34)16-15-28(5)20(24(19)30)7-8-22-26(3)12-11-23(32)27(4,17-31)21(26)10-13-29(22,28)6/h19-24,31-32H,1,7-17H2,2-6H3,(H,33,34)/t19-,20-,21+,22+,23-,24+,26-,27?,28+,29+,30-/m0/s1. The lowest BCUT2D eigenvalue weighted by Crippen LogP contribution is -2.67. The van der Waals surface area contributed by atoms with Gasteiger partial charge in [0.1, 0.15) is 0 Å². The fourth-order valence-electron chi connectivity index (χ4n) is 11.5. The van der Waals surface area contributed by atoms with Crippen molar-refractivity contribution >= 4 is 5.97 Å². The minimum atomic E-state index is -0.567. The van der Waals surface area contributed by atoms with Crippen LogP contribution < -0.4 is 0 Å². The van der Waals surface area contributed by atoms with Crippen LogP contribution >= 0.6 is 0 Å². The third-order valence-corrected chi connectivity index (χ3v) is 13.6. The van der Waals surface area contributed by atoms with Crippen molar-refractivity contribution in [3.63, 3.8) is 0 Å². The van der Waals surface area contributed by atoms with Crippen molar-refractivity contribution in [3.8, 4) is 0 Å². The molecule has 3 N–H and O–H groups in total. The zero-order chi connectivity index (χ0) is 24.9. The number of carboxylic acid groups (broad SMARTS) is 1. The number of hydrogen-bond donors (Lipinski definition) is 3. The van der Waals surface area contributed by atoms with E-state index in [9.17, 15) is 20.1 Å². The molecule has 0 radical (unpaired) electrons. The molecule has 0 saturated heterocycles. The van der Waals surface area contributed by atoms with Crippen molar-refractivity contribution in [2.24, 2.45) is 56.7 Å². The van der Waals surface area contributed by atoms with Gasteiger partial charge in [0.05, 0.1) is 18.1 Å². The zero-order valence-electron chi connectivity index (χ0n) is 22.2. The normalized spacial score (nSPS) is 56.6. The summed E-state index contributed by atoms with van der Waals surface area (Å²) in [5.41, 5.74) is 0.586. The van der Waals surface area contributed by atoms with Crippen LogP contribution in [-0.4, -0.2) is 34.0 Å². The number of hydrogen-bond acceptors (Lipinski definition) is 3. The minimum Gasteiger partial charge on any atom is -0.481 e. The SMILES string of the molecule is C=C(C)[C@@H]1CC[C@]2(C(=O)O)CC[C@]3(C)[C@@H](CC[C@@H]4[C@@]5(C)CC[C@H](O)C(C)(CO)[C@@H]5CC[C@]43C)[C@@H]12. The molecule has 5 aliphatic rings. The molecule has 0 amide bonds. The topological polar surface area (TPSA) is 77.8 Å². The Kier molecular flexibility index (Phi) is 5.52. The van der Waals surface area contributed by atoms with Gasteiger partial charge in [-0.15, -0.1) is 0 Å². The maximum atomic E-state index is 12.8. The third-order valence-electron chi connectivity index (χ3n) is 13.6. The molecule has 0 aromatic carbocycles. The van der Waals surface area contributed by atoms with Crippen LogP contribution in [0, 0.1) is 56.7 Å². The van der Waals surface area contributed by atoms with Gasteiger partial charge in [0.15, 0.2) is 0 Å². The highest BCUT2D eigenvalue weighted by atomic mass is 16.4. The Labute approximate surface area is 206 Å². The summed E-state index contributed by atoms with van der Waals surface area (Å²) >= 11 is 0. The number of allylic oxidation sites excluding steroid dienone is 1. The van der Waals surface area contributed by atoms with Crippen molar-refractivity contribution < 1.29 is 20.1 Å². The molecule has 0 aromatic heterocycles. The predicted molar refractivity (Wildman–Crippen MR) is 134 cm³/mol. The van der Waals surface area contributed by atoms with Crippen LogP contribution in [0.2, 0.25) is 0 Å². The molecule has 5 aliphatic carbocycles. The molecule has 0 heterocycles. The number of aliphatic hydroxyl groups is 2. The minimum absolute atomic E-state index is 0.0568. The molecule has 192 valence electrons. The van der Waals surface area contributed by atoms with E-state index in [4.69, 9.17) is 0 Å². The number of aliphatic carboxylic acids is 1. The maximum Gasteiger partial charge on any atom is 0.309 e.